The van der Waals surface area contributed by atoms with Gasteiger partial charge in [0.2, 0.25) is 0 Å². The van der Waals surface area contributed by atoms with Gasteiger partial charge in [-0.2, -0.15) is 0 Å². The van der Waals surface area contributed by atoms with Gasteiger partial charge in [0.05, 0.1) is 0 Å². The minimum Gasteiger partial charge on any atom is -0.265 e. The fraction of sp³-hybridized carbons (Fsp3) is 0.667. The van der Waals surface area contributed by atoms with Gasteiger partial charge in [0.25, 0.3) is 0 Å². The summed E-state index contributed by atoms with van der Waals surface area (Å²) in [6.45, 7) is 17.5. The topological polar surface area (TPSA) is 12.9 Å². The smallest absolute Gasteiger partial charge is 0.0267 e. The van der Waals surface area contributed by atoms with E-state index in [9.17, 15) is 0 Å². The quantitative estimate of drug-likeness (QED) is 0.590. The van der Waals surface area contributed by atoms with Crippen LogP contribution in [0.2, 0.25) is 0 Å². The Morgan fingerprint density at radius 3 is 0.875 bits per heavy atom. The third-order valence-electron chi connectivity index (χ3n) is 0.566. The molecular formula is C15H29N. The average molecular weight is 223 g/mol. The van der Waals surface area contributed by atoms with E-state index in [4.69, 9.17) is 0 Å². The lowest BCUT2D eigenvalue weighted by molar-refractivity contribution is 0.469. The molecule has 1 nitrogen and oxygen atoms in total. The summed E-state index contributed by atoms with van der Waals surface area (Å²) in [5, 5.41) is 0. The molecule has 0 aliphatic carbocycles. The molecule has 0 spiro atoms. The second-order valence-corrected chi connectivity index (χ2v) is 7.02. The summed E-state index contributed by atoms with van der Waals surface area (Å²) in [6, 6.07) is 5.72. The van der Waals surface area contributed by atoms with Crippen molar-refractivity contribution in [1.82, 2.24) is 4.98 Å². The average Bonchev–Trinajstić information content (AvgIpc) is 2.01. The van der Waals surface area contributed by atoms with Gasteiger partial charge in [-0.15, -0.1) is 0 Å². The molecule has 0 fully saturated rings. The Morgan fingerprint density at radius 2 is 0.812 bits per heavy atom. The largest absolute Gasteiger partial charge is 0.265 e. The second-order valence-electron chi connectivity index (χ2n) is 7.02. The van der Waals surface area contributed by atoms with Crippen LogP contribution in [-0.2, 0) is 0 Å². The molecule has 1 heteroatoms. The highest BCUT2D eigenvalue weighted by Gasteiger charge is 1.96. The number of nitrogens with zero attached hydrogens (tertiary/aromatic N) is 1. The lowest BCUT2D eigenvalue weighted by Crippen LogP contribution is -1.93. The number of pyridine rings is 1. The van der Waals surface area contributed by atoms with Crippen LogP contribution in [0.4, 0.5) is 0 Å². The van der Waals surface area contributed by atoms with Crippen LogP contribution in [0.25, 0.3) is 0 Å². The van der Waals surface area contributed by atoms with E-state index in [1.165, 1.54) is 0 Å². The van der Waals surface area contributed by atoms with Crippen LogP contribution in [0.1, 0.15) is 55.4 Å². The van der Waals surface area contributed by atoms with E-state index in [-0.39, 0.29) is 0 Å². The molecule has 0 unspecified atom stereocenters. The van der Waals surface area contributed by atoms with Crippen molar-refractivity contribution in [3.05, 3.63) is 30.6 Å². The van der Waals surface area contributed by atoms with E-state index in [1.54, 1.807) is 12.4 Å². The maximum Gasteiger partial charge on any atom is 0.0267 e. The Bertz CT molecular complexity index is 175. The Labute approximate surface area is 102 Å². The first-order valence-corrected chi connectivity index (χ1v) is 5.85. The fourth-order valence-corrected chi connectivity index (χ4v) is 0.313. The monoisotopic (exact) mass is 223 g/mol. The van der Waals surface area contributed by atoms with E-state index in [0.29, 0.717) is 10.8 Å². The van der Waals surface area contributed by atoms with Crippen molar-refractivity contribution in [2.75, 3.05) is 0 Å². The van der Waals surface area contributed by atoms with Gasteiger partial charge in [0, 0.05) is 12.4 Å². The van der Waals surface area contributed by atoms with Crippen LogP contribution < -0.4 is 0 Å². The van der Waals surface area contributed by atoms with Crippen LogP contribution in [-0.4, -0.2) is 4.98 Å². The zero-order chi connectivity index (χ0) is 13.2. The van der Waals surface area contributed by atoms with Crippen molar-refractivity contribution < 1.29 is 0 Å². The predicted molar refractivity (Wildman–Crippen MR) is 74.5 cm³/mol. The maximum absolute atomic E-state index is 3.78. The van der Waals surface area contributed by atoms with Gasteiger partial charge in [0.1, 0.15) is 0 Å². The minimum atomic E-state index is 0.500. The lowest BCUT2D eigenvalue weighted by atomic mass is 10.0. The molecule has 0 bridgehead atoms. The third kappa shape index (κ3) is 73.2. The molecule has 94 valence electrons. The highest BCUT2D eigenvalue weighted by atomic mass is 14.6. The van der Waals surface area contributed by atoms with Crippen LogP contribution in [0, 0.1) is 10.8 Å². The van der Waals surface area contributed by atoms with Crippen LogP contribution in [0.5, 0.6) is 0 Å². The van der Waals surface area contributed by atoms with E-state index in [0.717, 1.165) is 0 Å². The molecule has 1 aromatic heterocycles. The Hall–Kier alpha value is -0.850. The number of hydrogen-bond acceptors (Lipinski definition) is 1. The second kappa shape index (κ2) is 8.32. The summed E-state index contributed by atoms with van der Waals surface area (Å²) in [7, 11) is 0. The third-order valence-corrected chi connectivity index (χ3v) is 0.566. The van der Waals surface area contributed by atoms with Gasteiger partial charge in [-0.05, 0) is 23.0 Å². The van der Waals surface area contributed by atoms with Gasteiger partial charge in [-0.25, -0.2) is 0 Å². The number of rotatable bonds is 0. The first kappa shape index (κ1) is 17.5. The molecule has 0 radical (unpaired) electrons. The van der Waals surface area contributed by atoms with Crippen molar-refractivity contribution in [1.29, 1.82) is 0 Å². The highest BCUT2D eigenvalue weighted by Crippen LogP contribution is 2.08. The molecule has 0 N–H and O–H groups in total. The van der Waals surface area contributed by atoms with Crippen molar-refractivity contribution in [3.63, 3.8) is 0 Å². The Balaban J connectivity index is 0. The minimum absolute atomic E-state index is 0.500. The fourth-order valence-electron chi connectivity index (χ4n) is 0.313. The van der Waals surface area contributed by atoms with Gasteiger partial charge in [-0.1, -0.05) is 61.5 Å². The zero-order valence-corrected chi connectivity index (χ0v) is 12.3. The Morgan fingerprint density at radius 1 is 0.562 bits per heavy atom. The standard InChI is InChI=1S/C5H5N.2C5H12/c1-2-4-6-5-3-1;2*1-5(2,3)4/h1-5H;2*1-4H3. The summed E-state index contributed by atoms with van der Waals surface area (Å²) >= 11 is 0. The van der Waals surface area contributed by atoms with E-state index >= 15 is 0 Å². The van der Waals surface area contributed by atoms with Crippen LogP contribution >= 0.6 is 0 Å². The van der Waals surface area contributed by atoms with Crippen LogP contribution in [0.15, 0.2) is 30.6 Å². The highest BCUT2D eigenvalue weighted by molar-refractivity contribution is 4.88. The first-order valence-electron chi connectivity index (χ1n) is 5.85. The molecule has 1 aromatic rings. The van der Waals surface area contributed by atoms with E-state index < -0.39 is 0 Å². The summed E-state index contributed by atoms with van der Waals surface area (Å²) in [6.07, 6.45) is 3.50. The van der Waals surface area contributed by atoms with Gasteiger partial charge in [-0.3, -0.25) is 4.98 Å². The van der Waals surface area contributed by atoms with Gasteiger partial charge in [0.15, 0.2) is 0 Å². The maximum atomic E-state index is 3.78. The van der Waals surface area contributed by atoms with Gasteiger partial charge >= 0.3 is 0 Å². The molecule has 16 heavy (non-hydrogen) atoms. The normalized spacial score (nSPS) is 10.5. The molecule has 1 heterocycles. The van der Waals surface area contributed by atoms with Crippen molar-refractivity contribution in [2.24, 2.45) is 10.8 Å². The number of aromatic nitrogens is 1. The van der Waals surface area contributed by atoms with Crippen LogP contribution in [0.3, 0.4) is 0 Å². The molecule has 0 aromatic carbocycles. The number of hydrogen-bond donors (Lipinski definition) is 0. The molecule has 0 atom stereocenters. The molecule has 1 rings (SSSR count). The van der Waals surface area contributed by atoms with E-state index in [1.807, 2.05) is 18.2 Å². The molecule has 0 saturated carbocycles. The molecule has 0 amide bonds. The SMILES string of the molecule is CC(C)(C)C.CC(C)(C)C.c1ccncc1. The first-order chi connectivity index (χ1) is 7.00. The van der Waals surface area contributed by atoms with Gasteiger partial charge < -0.3 is 0 Å². The van der Waals surface area contributed by atoms with Crippen molar-refractivity contribution in [2.45, 2.75) is 55.4 Å². The molecule has 0 aliphatic rings. The Kier molecular flexibility index (Phi) is 9.12. The zero-order valence-electron chi connectivity index (χ0n) is 12.3. The molecular weight excluding hydrogens is 194 g/mol. The molecule has 0 aliphatic heterocycles. The van der Waals surface area contributed by atoms with Crippen molar-refractivity contribution >= 4 is 0 Å². The summed E-state index contributed by atoms with van der Waals surface area (Å²) in [4.78, 5) is 3.78. The van der Waals surface area contributed by atoms with Crippen molar-refractivity contribution in [3.8, 4) is 0 Å². The lowest BCUT2D eigenvalue weighted by Gasteiger charge is -2.05. The summed E-state index contributed by atoms with van der Waals surface area (Å²) < 4.78 is 0. The summed E-state index contributed by atoms with van der Waals surface area (Å²) in [5.41, 5.74) is 1.00. The van der Waals surface area contributed by atoms with E-state index in [2.05, 4.69) is 60.4 Å². The predicted octanol–water partition coefficient (Wildman–Crippen LogP) is 5.19. The molecule has 0 saturated heterocycles. The summed E-state index contributed by atoms with van der Waals surface area (Å²) in [5.74, 6) is 0.